The molecule has 0 unspecified atom stereocenters. The van der Waals surface area contributed by atoms with Gasteiger partial charge >= 0.3 is 5.97 Å². The molecule has 0 heterocycles. The van der Waals surface area contributed by atoms with Gasteiger partial charge in [0.2, 0.25) is 5.91 Å². The Morgan fingerprint density at radius 3 is 2.62 bits per heavy atom. The Kier molecular flexibility index (Phi) is 3.94. The first kappa shape index (κ1) is 12.6. The number of hydrogen-bond acceptors (Lipinski definition) is 3. The van der Waals surface area contributed by atoms with Crippen LogP contribution in [0.1, 0.15) is 33.1 Å². The molecular weight excluding hydrogens is 206 g/mol. The molecule has 0 bridgehead atoms. The van der Waals surface area contributed by atoms with Crippen LogP contribution in [0.25, 0.3) is 0 Å². The second-order valence-corrected chi connectivity index (χ2v) is 4.25. The third-order valence-corrected chi connectivity index (χ3v) is 2.73. The lowest BCUT2D eigenvalue weighted by atomic mass is 9.96. The summed E-state index contributed by atoms with van der Waals surface area (Å²) in [6, 6.07) is 0. The number of terminal acetylenes is 1. The average Bonchev–Trinajstić information content (AvgIpc) is 2.99. The monoisotopic (exact) mass is 223 g/mol. The molecule has 0 radical (unpaired) electrons. The Morgan fingerprint density at radius 1 is 1.56 bits per heavy atom. The topological polar surface area (TPSA) is 55.4 Å². The van der Waals surface area contributed by atoms with E-state index in [0.717, 1.165) is 12.8 Å². The van der Waals surface area contributed by atoms with Crippen molar-refractivity contribution in [3.63, 3.8) is 0 Å². The van der Waals surface area contributed by atoms with Gasteiger partial charge in [0.25, 0.3) is 0 Å². The van der Waals surface area contributed by atoms with Gasteiger partial charge in [0, 0.05) is 13.3 Å². The molecule has 1 fully saturated rings. The van der Waals surface area contributed by atoms with Crippen LogP contribution >= 0.6 is 0 Å². The summed E-state index contributed by atoms with van der Waals surface area (Å²) < 4.78 is 5.05. The summed E-state index contributed by atoms with van der Waals surface area (Å²) in [7, 11) is 0. The summed E-state index contributed by atoms with van der Waals surface area (Å²) in [4.78, 5) is 22.9. The number of rotatable bonds is 5. The van der Waals surface area contributed by atoms with Crippen LogP contribution in [0.5, 0.6) is 0 Å². The van der Waals surface area contributed by atoms with Gasteiger partial charge in [-0.05, 0) is 25.7 Å². The first-order valence-corrected chi connectivity index (χ1v) is 5.40. The molecule has 1 atom stereocenters. The van der Waals surface area contributed by atoms with Gasteiger partial charge in [-0.25, -0.2) is 4.79 Å². The summed E-state index contributed by atoms with van der Waals surface area (Å²) >= 11 is 0. The van der Waals surface area contributed by atoms with Gasteiger partial charge in [-0.3, -0.25) is 4.79 Å². The number of carbonyl (C=O) groups excluding carboxylic acids is 2. The van der Waals surface area contributed by atoms with E-state index in [1.165, 1.54) is 6.92 Å². The quantitative estimate of drug-likeness (QED) is 0.427. The molecule has 0 aromatic heterocycles. The molecule has 1 N–H and O–H groups in total. The van der Waals surface area contributed by atoms with Crippen molar-refractivity contribution in [2.75, 3.05) is 6.61 Å². The van der Waals surface area contributed by atoms with E-state index in [4.69, 9.17) is 11.2 Å². The van der Waals surface area contributed by atoms with Crippen molar-refractivity contribution in [3.05, 3.63) is 0 Å². The van der Waals surface area contributed by atoms with E-state index in [-0.39, 0.29) is 24.4 Å². The summed E-state index contributed by atoms with van der Waals surface area (Å²) in [5.74, 6) is 1.98. The zero-order valence-corrected chi connectivity index (χ0v) is 9.71. The minimum Gasteiger partial charge on any atom is -0.463 e. The van der Waals surface area contributed by atoms with E-state index in [0.29, 0.717) is 6.42 Å². The molecular formula is C12H17NO3. The van der Waals surface area contributed by atoms with Crippen LogP contribution in [0.3, 0.4) is 0 Å². The SMILES string of the molecule is C#CCCOC(=O)[C@@](C)(NC(C)=O)C1CC1. The summed E-state index contributed by atoms with van der Waals surface area (Å²) in [5, 5.41) is 2.68. The zero-order valence-electron chi connectivity index (χ0n) is 9.71. The second-order valence-electron chi connectivity index (χ2n) is 4.25. The highest BCUT2D eigenvalue weighted by Gasteiger charge is 2.49. The van der Waals surface area contributed by atoms with E-state index in [2.05, 4.69) is 11.2 Å². The number of carbonyl (C=O) groups is 2. The maximum atomic E-state index is 11.9. The fraction of sp³-hybridized carbons (Fsp3) is 0.667. The summed E-state index contributed by atoms with van der Waals surface area (Å²) in [5.41, 5.74) is -0.888. The molecule has 1 rings (SSSR count). The predicted octanol–water partition coefficient (Wildman–Crippen LogP) is 0.858. The highest BCUT2D eigenvalue weighted by Crippen LogP contribution is 2.40. The van der Waals surface area contributed by atoms with Gasteiger partial charge in [-0.15, -0.1) is 12.3 Å². The van der Waals surface area contributed by atoms with Crippen molar-refractivity contribution in [3.8, 4) is 12.3 Å². The van der Waals surface area contributed by atoms with Crippen molar-refractivity contribution < 1.29 is 14.3 Å². The Labute approximate surface area is 95.7 Å². The maximum absolute atomic E-state index is 11.9. The van der Waals surface area contributed by atoms with Crippen LogP contribution < -0.4 is 5.32 Å². The number of nitrogens with one attached hydrogen (secondary N) is 1. The normalized spacial score (nSPS) is 18.1. The van der Waals surface area contributed by atoms with E-state index < -0.39 is 5.54 Å². The van der Waals surface area contributed by atoms with Crippen LogP contribution in [0.4, 0.5) is 0 Å². The Hall–Kier alpha value is -1.50. The van der Waals surface area contributed by atoms with Gasteiger partial charge in [-0.1, -0.05) is 0 Å². The summed E-state index contributed by atoms with van der Waals surface area (Å²) in [6.07, 6.45) is 7.35. The number of amides is 1. The van der Waals surface area contributed by atoms with Gasteiger partial charge in [-0.2, -0.15) is 0 Å². The number of ether oxygens (including phenoxy) is 1. The molecule has 1 aliphatic rings. The first-order chi connectivity index (χ1) is 7.50. The van der Waals surface area contributed by atoms with Crippen molar-refractivity contribution in [2.45, 2.75) is 38.6 Å². The largest absolute Gasteiger partial charge is 0.463 e. The minimum atomic E-state index is -0.888. The molecule has 88 valence electrons. The third kappa shape index (κ3) is 2.99. The summed E-state index contributed by atoms with van der Waals surface area (Å²) in [6.45, 7) is 3.32. The average molecular weight is 223 g/mol. The van der Waals surface area contributed by atoms with Crippen LogP contribution in [-0.2, 0) is 14.3 Å². The molecule has 0 aliphatic heterocycles. The van der Waals surface area contributed by atoms with Crippen LogP contribution in [0.15, 0.2) is 0 Å². The molecule has 1 amide bonds. The predicted molar refractivity (Wildman–Crippen MR) is 59.4 cm³/mol. The highest BCUT2D eigenvalue weighted by atomic mass is 16.5. The lowest BCUT2D eigenvalue weighted by Gasteiger charge is -2.27. The van der Waals surface area contributed by atoms with Crippen LogP contribution in [0.2, 0.25) is 0 Å². The van der Waals surface area contributed by atoms with Gasteiger partial charge in [0.05, 0.1) is 0 Å². The fourth-order valence-electron chi connectivity index (χ4n) is 1.70. The Morgan fingerprint density at radius 2 is 2.19 bits per heavy atom. The molecule has 1 saturated carbocycles. The molecule has 0 aromatic rings. The molecule has 16 heavy (non-hydrogen) atoms. The standard InChI is InChI=1S/C12H17NO3/c1-4-5-8-16-11(15)12(3,10-6-7-10)13-9(2)14/h1,10H,5-8H2,2-3H3,(H,13,14)/t12-/m0/s1. The first-order valence-electron chi connectivity index (χ1n) is 5.40. The van der Waals surface area contributed by atoms with E-state index in [1.54, 1.807) is 6.92 Å². The smallest absolute Gasteiger partial charge is 0.331 e. The van der Waals surface area contributed by atoms with E-state index >= 15 is 0 Å². The van der Waals surface area contributed by atoms with Crippen molar-refractivity contribution in [1.29, 1.82) is 0 Å². The lowest BCUT2D eigenvalue weighted by molar-refractivity contribution is -0.153. The lowest BCUT2D eigenvalue weighted by Crippen LogP contribution is -2.54. The second kappa shape index (κ2) is 5.02. The van der Waals surface area contributed by atoms with Crippen molar-refractivity contribution in [2.24, 2.45) is 5.92 Å². The molecule has 0 aromatic carbocycles. The van der Waals surface area contributed by atoms with Crippen LogP contribution in [-0.4, -0.2) is 24.0 Å². The molecule has 4 nitrogen and oxygen atoms in total. The zero-order chi connectivity index (χ0) is 12.2. The molecule has 1 aliphatic carbocycles. The highest BCUT2D eigenvalue weighted by molar-refractivity contribution is 5.87. The van der Waals surface area contributed by atoms with Gasteiger partial charge in [0.15, 0.2) is 0 Å². The fourth-order valence-corrected chi connectivity index (χ4v) is 1.70. The van der Waals surface area contributed by atoms with E-state index in [9.17, 15) is 9.59 Å². The van der Waals surface area contributed by atoms with E-state index in [1.807, 2.05) is 0 Å². The number of esters is 1. The van der Waals surface area contributed by atoms with Crippen molar-refractivity contribution >= 4 is 11.9 Å². The van der Waals surface area contributed by atoms with Gasteiger partial charge < -0.3 is 10.1 Å². The third-order valence-electron chi connectivity index (χ3n) is 2.73. The number of hydrogen-bond donors (Lipinski definition) is 1. The maximum Gasteiger partial charge on any atom is 0.331 e. The van der Waals surface area contributed by atoms with Gasteiger partial charge in [0.1, 0.15) is 12.1 Å². The minimum absolute atomic E-state index is 0.190. The van der Waals surface area contributed by atoms with Crippen LogP contribution in [0, 0.1) is 18.3 Å². The Bertz CT molecular complexity index is 328. The molecule has 4 heteroatoms. The molecule has 0 spiro atoms. The van der Waals surface area contributed by atoms with Crippen molar-refractivity contribution in [1.82, 2.24) is 5.32 Å². The molecule has 0 saturated heterocycles. The Balaban J connectivity index is 2.58.